The zero-order chi connectivity index (χ0) is 20.3. The SMILES string of the molecule is CN(C(=O)OC(C)(C)C)C1CCN(c2ccc(NC(=O)c3ccco3)cc2)C1. The molecule has 1 fully saturated rings. The molecule has 1 aromatic heterocycles. The molecule has 1 aliphatic rings. The van der Waals surface area contributed by atoms with E-state index in [9.17, 15) is 9.59 Å². The average Bonchev–Trinajstić information content (AvgIpc) is 3.32. The molecule has 0 aliphatic carbocycles. The number of anilines is 2. The molecule has 0 radical (unpaired) electrons. The highest BCUT2D eigenvalue weighted by molar-refractivity contribution is 6.02. The third-order valence-electron chi connectivity index (χ3n) is 4.63. The molecule has 1 atom stereocenters. The molecule has 1 unspecified atom stereocenters. The lowest BCUT2D eigenvalue weighted by Crippen LogP contribution is -2.42. The van der Waals surface area contributed by atoms with Gasteiger partial charge in [0.05, 0.1) is 12.3 Å². The molecule has 7 heteroatoms. The quantitative estimate of drug-likeness (QED) is 0.862. The Kier molecular flexibility index (Phi) is 5.63. The number of rotatable bonds is 4. The van der Waals surface area contributed by atoms with Gasteiger partial charge in [0.25, 0.3) is 5.91 Å². The van der Waals surface area contributed by atoms with Crippen molar-refractivity contribution in [1.82, 2.24) is 4.90 Å². The number of hydrogen-bond donors (Lipinski definition) is 1. The van der Waals surface area contributed by atoms with Crippen LogP contribution in [0.3, 0.4) is 0 Å². The van der Waals surface area contributed by atoms with Crippen molar-refractivity contribution >= 4 is 23.4 Å². The monoisotopic (exact) mass is 385 g/mol. The first-order chi connectivity index (χ1) is 13.2. The van der Waals surface area contributed by atoms with Gasteiger partial charge in [-0.2, -0.15) is 0 Å². The zero-order valence-electron chi connectivity index (χ0n) is 16.8. The van der Waals surface area contributed by atoms with Crippen LogP contribution >= 0.6 is 0 Å². The van der Waals surface area contributed by atoms with Crippen LogP contribution in [0.15, 0.2) is 47.1 Å². The number of ether oxygens (including phenoxy) is 1. The molecule has 0 saturated carbocycles. The van der Waals surface area contributed by atoms with Crippen molar-refractivity contribution in [3.63, 3.8) is 0 Å². The predicted molar refractivity (Wildman–Crippen MR) is 108 cm³/mol. The minimum atomic E-state index is -0.500. The molecule has 1 aromatic carbocycles. The van der Waals surface area contributed by atoms with Crippen molar-refractivity contribution < 1.29 is 18.7 Å². The summed E-state index contributed by atoms with van der Waals surface area (Å²) in [5, 5.41) is 2.81. The van der Waals surface area contributed by atoms with E-state index >= 15 is 0 Å². The summed E-state index contributed by atoms with van der Waals surface area (Å²) in [4.78, 5) is 28.2. The van der Waals surface area contributed by atoms with Crippen LogP contribution in [-0.2, 0) is 4.74 Å². The first-order valence-electron chi connectivity index (χ1n) is 9.38. The van der Waals surface area contributed by atoms with Crippen LogP contribution in [-0.4, -0.2) is 48.7 Å². The Labute approximate surface area is 165 Å². The van der Waals surface area contributed by atoms with Gasteiger partial charge in [-0.05, 0) is 63.6 Å². The van der Waals surface area contributed by atoms with Crippen LogP contribution in [0, 0.1) is 0 Å². The molecule has 3 rings (SSSR count). The zero-order valence-corrected chi connectivity index (χ0v) is 16.8. The van der Waals surface area contributed by atoms with E-state index in [1.165, 1.54) is 6.26 Å². The lowest BCUT2D eigenvalue weighted by atomic mass is 10.2. The highest BCUT2D eigenvalue weighted by Crippen LogP contribution is 2.25. The molecule has 0 bridgehead atoms. The van der Waals surface area contributed by atoms with Gasteiger partial charge in [-0.15, -0.1) is 0 Å². The molecule has 150 valence electrons. The van der Waals surface area contributed by atoms with Gasteiger partial charge in [-0.25, -0.2) is 4.79 Å². The van der Waals surface area contributed by atoms with Crippen LogP contribution in [0.2, 0.25) is 0 Å². The summed E-state index contributed by atoms with van der Waals surface area (Å²) in [5.74, 6) is -0.00499. The van der Waals surface area contributed by atoms with Gasteiger partial charge < -0.3 is 24.3 Å². The topological polar surface area (TPSA) is 75.0 Å². The minimum Gasteiger partial charge on any atom is -0.459 e. The Morgan fingerprint density at radius 3 is 2.54 bits per heavy atom. The van der Waals surface area contributed by atoms with Crippen LogP contribution in [0.1, 0.15) is 37.7 Å². The Morgan fingerprint density at radius 2 is 1.93 bits per heavy atom. The van der Waals surface area contributed by atoms with E-state index < -0.39 is 5.60 Å². The number of nitrogens with zero attached hydrogens (tertiary/aromatic N) is 2. The van der Waals surface area contributed by atoms with E-state index in [0.29, 0.717) is 5.69 Å². The fourth-order valence-electron chi connectivity index (χ4n) is 3.13. The molecular formula is C21H27N3O4. The Hall–Kier alpha value is -2.96. The van der Waals surface area contributed by atoms with Crippen molar-refractivity contribution in [2.75, 3.05) is 30.4 Å². The van der Waals surface area contributed by atoms with Gasteiger partial charge in [0.1, 0.15) is 5.60 Å². The van der Waals surface area contributed by atoms with Gasteiger partial charge in [0.2, 0.25) is 0 Å². The van der Waals surface area contributed by atoms with Gasteiger partial charge in [0, 0.05) is 31.5 Å². The molecule has 2 amide bonds. The second-order valence-electron chi connectivity index (χ2n) is 7.96. The maximum absolute atomic E-state index is 12.3. The van der Waals surface area contributed by atoms with Crippen LogP contribution in [0.25, 0.3) is 0 Å². The third-order valence-corrected chi connectivity index (χ3v) is 4.63. The average molecular weight is 385 g/mol. The highest BCUT2D eigenvalue weighted by atomic mass is 16.6. The summed E-state index contributed by atoms with van der Waals surface area (Å²) in [6.45, 7) is 7.20. The minimum absolute atomic E-state index is 0.105. The summed E-state index contributed by atoms with van der Waals surface area (Å²) in [5.41, 5.74) is 1.25. The summed E-state index contributed by atoms with van der Waals surface area (Å²) < 4.78 is 10.6. The fraction of sp³-hybridized carbons (Fsp3) is 0.429. The largest absolute Gasteiger partial charge is 0.459 e. The van der Waals surface area contributed by atoms with Crippen molar-refractivity contribution in [3.8, 4) is 0 Å². The van der Waals surface area contributed by atoms with Gasteiger partial charge >= 0.3 is 6.09 Å². The van der Waals surface area contributed by atoms with E-state index in [4.69, 9.17) is 9.15 Å². The maximum atomic E-state index is 12.3. The van der Waals surface area contributed by atoms with E-state index in [-0.39, 0.29) is 23.8 Å². The molecule has 0 spiro atoms. The molecular weight excluding hydrogens is 358 g/mol. The van der Waals surface area contributed by atoms with Crippen molar-refractivity contribution in [2.24, 2.45) is 0 Å². The molecule has 7 nitrogen and oxygen atoms in total. The first-order valence-corrected chi connectivity index (χ1v) is 9.38. The van der Waals surface area contributed by atoms with Crippen LogP contribution in [0.4, 0.5) is 16.2 Å². The molecule has 2 heterocycles. The van der Waals surface area contributed by atoms with Crippen LogP contribution < -0.4 is 10.2 Å². The predicted octanol–water partition coefficient (Wildman–Crippen LogP) is 3.98. The number of nitrogens with one attached hydrogen (secondary N) is 1. The molecule has 28 heavy (non-hydrogen) atoms. The summed E-state index contributed by atoms with van der Waals surface area (Å²) in [6.07, 6.45) is 2.05. The standard InChI is InChI=1S/C21H27N3O4/c1-21(2,3)28-20(26)23(4)17-11-12-24(14-17)16-9-7-15(8-10-16)22-19(25)18-6-5-13-27-18/h5-10,13,17H,11-12,14H2,1-4H3,(H,22,25). The molecule has 1 aliphatic heterocycles. The van der Waals surface area contributed by atoms with Crippen molar-refractivity contribution in [2.45, 2.75) is 38.8 Å². The Balaban J connectivity index is 1.56. The summed E-state index contributed by atoms with van der Waals surface area (Å²) in [7, 11) is 1.79. The first kappa shape index (κ1) is 19.8. The van der Waals surface area contributed by atoms with E-state index in [2.05, 4.69) is 10.2 Å². The summed E-state index contributed by atoms with van der Waals surface area (Å²) in [6, 6.07) is 11.1. The number of carbonyl (C=O) groups excluding carboxylic acids is 2. The number of likely N-dealkylation sites (N-methyl/N-ethyl adjacent to an activating group) is 1. The van der Waals surface area contributed by atoms with E-state index in [0.717, 1.165) is 25.2 Å². The normalized spacial score (nSPS) is 16.7. The Bertz CT molecular complexity index is 809. The number of furan rings is 1. The number of benzene rings is 1. The van der Waals surface area contributed by atoms with Crippen LogP contribution in [0.5, 0.6) is 0 Å². The lowest BCUT2D eigenvalue weighted by Gasteiger charge is -2.28. The van der Waals surface area contributed by atoms with E-state index in [1.807, 2.05) is 45.0 Å². The Morgan fingerprint density at radius 1 is 1.21 bits per heavy atom. The molecule has 1 N–H and O–H groups in total. The number of carbonyl (C=O) groups is 2. The lowest BCUT2D eigenvalue weighted by molar-refractivity contribution is 0.0238. The fourth-order valence-corrected chi connectivity index (χ4v) is 3.13. The van der Waals surface area contributed by atoms with E-state index in [1.54, 1.807) is 24.1 Å². The summed E-state index contributed by atoms with van der Waals surface area (Å²) >= 11 is 0. The molecule has 2 aromatic rings. The number of hydrogen-bond acceptors (Lipinski definition) is 5. The van der Waals surface area contributed by atoms with Crippen molar-refractivity contribution in [3.05, 3.63) is 48.4 Å². The number of amides is 2. The van der Waals surface area contributed by atoms with Gasteiger partial charge in [-0.3, -0.25) is 4.79 Å². The second-order valence-corrected chi connectivity index (χ2v) is 7.96. The molecule has 1 saturated heterocycles. The smallest absolute Gasteiger partial charge is 0.410 e. The third kappa shape index (κ3) is 4.85. The highest BCUT2D eigenvalue weighted by Gasteiger charge is 2.31. The van der Waals surface area contributed by atoms with Gasteiger partial charge in [-0.1, -0.05) is 0 Å². The second kappa shape index (κ2) is 7.96. The van der Waals surface area contributed by atoms with Crippen molar-refractivity contribution in [1.29, 1.82) is 0 Å². The van der Waals surface area contributed by atoms with Gasteiger partial charge in [0.15, 0.2) is 5.76 Å². The maximum Gasteiger partial charge on any atom is 0.410 e.